The summed E-state index contributed by atoms with van der Waals surface area (Å²) in [5.74, 6) is -2.64. The molecule has 4 aliphatic rings. The normalized spacial score (nSPS) is 31.9. The van der Waals surface area contributed by atoms with Gasteiger partial charge in [0, 0.05) is 5.92 Å². The van der Waals surface area contributed by atoms with Gasteiger partial charge in [0.1, 0.15) is 30.5 Å². The summed E-state index contributed by atoms with van der Waals surface area (Å²) in [6.45, 7) is 5.71. The molecule has 368 valence electrons. The number of hydrogen-bond donors (Lipinski definition) is 1. The maximum atomic E-state index is 13.6. The molecule has 17 nitrogen and oxygen atoms in total. The smallest absolute Gasteiger partial charge is 0.408 e. The molecule has 4 heterocycles. The summed E-state index contributed by atoms with van der Waals surface area (Å²) in [7, 11) is 2.49. The van der Waals surface area contributed by atoms with E-state index in [1.54, 1.807) is 37.3 Å². The van der Waals surface area contributed by atoms with Crippen molar-refractivity contribution in [2.45, 2.75) is 133 Å². The number of benzene rings is 4. The lowest BCUT2D eigenvalue weighted by Gasteiger charge is -2.49. The van der Waals surface area contributed by atoms with Gasteiger partial charge in [0.15, 0.2) is 37.0 Å². The van der Waals surface area contributed by atoms with Crippen LogP contribution in [0.15, 0.2) is 121 Å². The van der Waals surface area contributed by atoms with Crippen LogP contribution in [-0.4, -0.2) is 124 Å². The highest BCUT2D eigenvalue weighted by atomic mass is 16.8. The van der Waals surface area contributed by atoms with Gasteiger partial charge in [-0.25, -0.2) is 19.2 Å². The molecule has 8 unspecified atom stereocenters. The second kappa shape index (κ2) is 23.2. The molecule has 1 amide bonds. The summed E-state index contributed by atoms with van der Waals surface area (Å²) < 4.78 is 75.5. The summed E-state index contributed by atoms with van der Waals surface area (Å²) >= 11 is 0. The number of amides is 1. The van der Waals surface area contributed by atoms with Gasteiger partial charge in [-0.1, -0.05) is 123 Å². The van der Waals surface area contributed by atoms with Crippen LogP contribution in [0, 0.1) is 5.92 Å². The van der Waals surface area contributed by atoms with Gasteiger partial charge in [-0.3, -0.25) is 0 Å². The predicted octanol–water partition coefficient (Wildman–Crippen LogP) is 5.84. The third-order valence-corrected chi connectivity index (χ3v) is 12.8. The molecule has 0 aromatic heterocycles. The van der Waals surface area contributed by atoms with E-state index in [9.17, 15) is 19.2 Å². The number of alkyl carbamates (subject to hydrolysis) is 1. The Balaban J connectivity index is 1.10. The maximum absolute atomic E-state index is 13.6. The highest BCUT2D eigenvalue weighted by Crippen LogP contribution is 2.40. The van der Waals surface area contributed by atoms with Gasteiger partial charge in [-0.05, 0) is 42.2 Å². The quantitative estimate of drug-likeness (QED) is 0.0923. The van der Waals surface area contributed by atoms with Crippen molar-refractivity contribution in [3.05, 3.63) is 144 Å². The van der Waals surface area contributed by atoms with Crippen molar-refractivity contribution >= 4 is 24.0 Å². The molecule has 0 spiro atoms. The minimum absolute atomic E-state index is 0.0342. The largest absolute Gasteiger partial charge is 0.467 e. The van der Waals surface area contributed by atoms with Gasteiger partial charge in [0.05, 0.1) is 57.9 Å². The second-order valence-electron chi connectivity index (χ2n) is 17.3. The van der Waals surface area contributed by atoms with Crippen LogP contribution in [-0.2, 0) is 86.3 Å². The van der Waals surface area contributed by atoms with Crippen LogP contribution in [0.4, 0.5) is 4.79 Å². The number of hydrogen-bond acceptors (Lipinski definition) is 16. The Hall–Kier alpha value is -5.76. The first-order valence-electron chi connectivity index (χ1n) is 23.2. The average molecular weight is 954 g/mol. The van der Waals surface area contributed by atoms with Crippen LogP contribution in [0.5, 0.6) is 0 Å². The van der Waals surface area contributed by atoms with E-state index in [4.69, 9.17) is 56.8 Å². The fourth-order valence-corrected chi connectivity index (χ4v) is 9.18. The lowest BCUT2D eigenvalue weighted by molar-refractivity contribution is -0.352. The molecule has 4 aromatic rings. The summed E-state index contributed by atoms with van der Waals surface area (Å²) in [6, 6.07) is 35.8. The number of rotatable bonds is 18. The minimum atomic E-state index is -1.41. The predicted molar refractivity (Wildman–Crippen MR) is 243 cm³/mol. The van der Waals surface area contributed by atoms with E-state index in [0.29, 0.717) is 6.42 Å². The van der Waals surface area contributed by atoms with Gasteiger partial charge < -0.3 is 62.2 Å². The Morgan fingerprint density at radius 1 is 0.565 bits per heavy atom. The number of methoxy groups -OCH3 is 2. The average Bonchev–Trinajstić information content (AvgIpc) is 3.79. The number of carbonyl (C=O) groups is 4. The van der Waals surface area contributed by atoms with Crippen LogP contribution in [0.3, 0.4) is 0 Å². The molecule has 0 radical (unpaired) electrons. The van der Waals surface area contributed by atoms with Gasteiger partial charge in [-0.2, -0.15) is 0 Å². The number of nitrogens with one attached hydrogen (secondary N) is 1. The highest BCUT2D eigenvalue weighted by Gasteiger charge is 2.59. The van der Waals surface area contributed by atoms with E-state index in [-0.39, 0.29) is 25.4 Å². The molecule has 4 saturated heterocycles. The van der Waals surface area contributed by atoms with Crippen molar-refractivity contribution in [3.8, 4) is 0 Å². The molecule has 4 fully saturated rings. The van der Waals surface area contributed by atoms with E-state index >= 15 is 0 Å². The number of carbonyl (C=O) groups excluding carboxylic acids is 4. The van der Waals surface area contributed by atoms with E-state index in [0.717, 1.165) is 16.7 Å². The third kappa shape index (κ3) is 11.6. The first kappa shape index (κ1) is 49.7. The number of esters is 3. The Kier molecular flexibility index (Phi) is 16.7. The van der Waals surface area contributed by atoms with Crippen LogP contribution in [0.1, 0.15) is 54.2 Å². The second-order valence-corrected chi connectivity index (χ2v) is 17.3. The van der Waals surface area contributed by atoms with Gasteiger partial charge in [-0.15, -0.1) is 0 Å². The van der Waals surface area contributed by atoms with Crippen LogP contribution < -0.4 is 5.32 Å². The first-order chi connectivity index (χ1) is 33.6. The molecule has 1 N–H and O–H groups in total. The Morgan fingerprint density at radius 2 is 1.07 bits per heavy atom. The number of fused-ring (bicyclic) bond motifs is 1. The lowest BCUT2D eigenvalue weighted by Crippen LogP contribution is -2.67. The third-order valence-electron chi connectivity index (χ3n) is 12.8. The summed E-state index contributed by atoms with van der Waals surface area (Å²) in [4.78, 5) is 54.1. The molecule has 4 aliphatic heterocycles. The van der Waals surface area contributed by atoms with Gasteiger partial charge in [0.2, 0.25) is 0 Å². The van der Waals surface area contributed by atoms with Crippen molar-refractivity contribution in [1.82, 2.24) is 5.32 Å². The summed E-state index contributed by atoms with van der Waals surface area (Å²) in [6.07, 6.45) is -14.8. The molecule has 17 heteroatoms. The van der Waals surface area contributed by atoms with Crippen LogP contribution in [0.25, 0.3) is 0 Å². The zero-order valence-corrected chi connectivity index (χ0v) is 39.1. The monoisotopic (exact) mass is 953 g/mol. The zero-order valence-electron chi connectivity index (χ0n) is 39.1. The lowest BCUT2D eigenvalue weighted by atomic mass is 9.89. The van der Waals surface area contributed by atoms with Crippen molar-refractivity contribution in [3.63, 3.8) is 0 Å². The number of ether oxygens (including phenoxy) is 12. The van der Waals surface area contributed by atoms with E-state index in [2.05, 4.69) is 5.32 Å². The molecule has 4 aromatic carbocycles. The Labute approximate surface area is 400 Å². The molecular weight excluding hydrogens is 895 g/mol. The Bertz CT molecular complexity index is 2290. The minimum Gasteiger partial charge on any atom is -0.467 e. The van der Waals surface area contributed by atoms with Crippen LogP contribution >= 0.6 is 0 Å². The molecule has 8 rings (SSSR count). The molecule has 69 heavy (non-hydrogen) atoms. The topological polar surface area (TPSA) is 191 Å². The molecule has 0 bridgehead atoms. The molecule has 0 saturated carbocycles. The standard InChI is InChI=1S/C52H59NO16/c1-6-36-41(67-51-46(62-29-34-23-15-9-16-24-34)38(30(2)39(66-51)48(55)58-4)60-27-32-19-11-7-12-20-32)42-37(53-52(57)69-42)50(64-36)68-44-43(61-28-33-21-13-8-14-22-33)40(31(3)63-45(44)49(56)59-5)65-47(54)35-25-17-10-18-26-35/h7-26,30-31,36-46,50-51H,6,27-29H2,1-5H3,(H,53,57)/t30-,31+,36?,37?,38-,39?,40?,41+,42+,43-,44?,45?,46?,50?,51-/m0/s1. The van der Waals surface area contributed by atoms with Crippen LogP contribution in [0.2, 0.25) is 0 Å². The fourth-order valence-electron chi connectivity index (χ4n) is 9.18. The maximum Gasteiger partial charge on any atom is 0.408 e. The zero-order chi connectivity index (χ0) is 48.4. The van der Waals surface area contributed by atoms with Crippen molar-refractivity contribution in [2.75, 3.05) is 14.2 Å². The highest BCUT2D eigenvalue weighted by molar-refractivity contribution is 5.89. The van der Waals surface area contributed by atoms with E-state index in [1.165, 1.54) is 14.2 Å². The Morgan fingerprint density at radius 3 is 1.62 bits per heavy atom. The summed E-state index contributed by atoms with van der Waals surface area (Å²) in [5, 5.41) is 2.81. The SMILES string of the molecule is CCC1OC(OC2C(C(=O)OC)O[C@H](C)C(OC(=O)c3ccccc3)[C@@H]2OCc2ccccc2)C2NC(=O)O[C@H]2[C@@H]1O[C@@H]1OC(C(=O)OC)[C@@H](C)[C@H](OCc2ccccc2)C1OCc1ccccc1. The van der Waals surface area contributed by atoms with Crippen molar-refractivity contribution < 1.29 is 76.0 Å². The van der Waals surface area contributed by atoms with E-state index in [1.807, 2.05) is 105 Å². The molecule has 15 atom stereocenters. The van der Waals surface area contributed by atoms with E-state index < -0.39 is 116 Å². The van der Waals surface area contributed by atoms with Crippen molar-refractivity contribution in [2.24, 2.45) is 5.92 Å². The fraction of sp³-hybridized carbons (Fsp3) is 0.462. The molecular formula is C52H59NO16. The summed E-state index contributed by atoms with van der Waals surface area (Å²) in [5.41, 5.74) is 2.85. The van der Waals surface area contributed by atoms with Gasteiger partial charge in [0.25, 0.3) is 0 Å². The van der Waals surface area contributed by atoms with Crippen molar-refractivity contribution in [1.29, 1.82) is 0 Å². The van der Waals surface area contributed by atoms with Gasteiger partial charge >= 0.3 is 24.0 Å². The molecule has 0 aliphatic carbocycles. The first-order valence-corrected chi connectivity index (χ1v) is 23.2.